The Bertz CT molecular complexity index is 501. The van der Waals surface area contributed by atoms with E-state index in [9.17, 15) is 0 Å². The van der Waals surface area contributed by atoms with Crippen LogP contribution in [0.1, 0.15) is 30.5 Å². The second kappa shape index (κ2) is 5.26. The second-order valence-electron chi connectivity index (χ2n) is 2.74. The van der Waals surface area contributed by atoms with Crippen LogP contribution in [0, 0.1) is 35.0 Å². The lowest BCUT2D eigenvalue weighted by atomic mass is 10.0. The van der Waals surface area contributed by atoms with Gasteiger partial charge < -0.3 is 0 Å². The van der Waals surface area contributed by atoms with Gasteiger partial charge in [0.1, 0.15) is 6.07 Å². The lowest BCUT2D eigenvalue weighted by Crippen LogP contribution is -1.90. The zero-order chi connectivity index (χ0) is 11.3. The van der Waals surface area contributed by atoms with E-state index >= 15 is 0 Å². The normalized spacial score (nSPS) is 7.87. The molecule has 0 saturated heterocycles. The Morgan fingerprint density at radius 2 is 1.53 bits per heavy atom. The fourth-order valence-corrected chi connectivity index (χ4v) is 1.65. The maximum Gasteiger partial charge on any atom is 0.102 e. The van der Waals surface area contributed by atoms with Gasteiger partial charge in [0.05, 0.1) is 5.56 Å². The van der Waals surface area contributed by atoms with E-state index in [1.54, 1.807) is 13.8 Å². The number of nitrogens with zero attached hydrogens (tertiary/aromatic N) is 1. The summed E-state index contributed by atoms with van der Waals surface area (Å²) in [5.74, 6) is 11.4. The van der Waals surface area contributed by atoms with Crippen molar-refractivity contribution in [3.63, 3.8) is 0 Å². The van der Waals surface area contributed by atoms with E-state index in [4.69, 9.17) is 5.26 Å². The summed E-state index contributed by atoms with van der Waals surface area (Å²) in [5.41, 5.74) is 1.97. The highest BCUT2D eigenvalue weighted by Crippen LogP contribution is 2.20. The maximum atomic E-state index is 9.04. The molecule has 0 atom stereocenters. The number of halogens is 1. The van der Waals surface area contributed by atoms with Gasteiger partial charge in [-0.15, -0.1) is 11.8 Å². The molecule has 0 saturated carbocycles. The zero-order valence-electron chi connectivity index (χ0n) is 8.48. The predicted octanol–water partition coefficient (Wildman–Crippen LogP) is 3.06. The molecule has 1 aromatic rings. The van der Waals surface area contributed by atoms with Gasteiger partial charge in [0.25, 0.3) is 0 Å². The minimum atomic E-state index is 0.543. The molecule has 0 amide bonds. The van der Waals surface area contributed by atoms with Gasteiger partial charge in [-0.05, 0) is 26.0 Å². The molecule has 0 N–H and O–H groups in total. The first kappa shape index (κ1) is 11.4. The Kier molecular flexibility index (Phi) is 3.99. The van der Waals surface area contributed by atoms with Crippen LogP contribution in [0.2, 0.25) is 0 Å². The minimum Gasteiger partial charge on any atom is -0.192 e. The Balaban J connectivity index is 3.56. The first-order valence-electron chi connectivity index (χ1n) is 4.32. The average Bonchev–Trinajstić information content (AvgIpc) is 2.18. The SMILES string of the molecule is CC#Cc1cc(Br)cc(C#CC)c1C#N. The van der Waals surface area contributed by atoms with Crippen LogP contribution in [-0.2, 0) is 0 Å². The van der Waals surface area contributed by atoms with Gasteiger partial charge >= 0.3 is 0 Å². The average molecular weight is 258 g/mol. The molecule has 0 aliphatic rings. The molecule has 0 spiro atoms. The molecule has 0 aromatic heterocycles. The van der Waals surface area contributed by atoms with E-state index in [1.165, 1.54) is 0 Å². The van der Waals surface area contributed by atoms with Gasteiger partial charge in [0.2, 0.25) is 0 Å². The molecule has 2 heteroatoms. The Labute approximate surface area is 98.2 Å². The van der Waals surface area contributed by atoms with E-state index in [0.717, 1.165) is 4.47 Å². The third kappa shape index (κ3) is 2.63. The van der Waals surface area contributed by atoms with Crippen LogP contribution in [-0.4, -0.2) is 0 Å². The lowest BCUT2D eigenvalue weighted by Gasteiger charge is -2.00. The van der Waals surface area contributed by atoms with Crippen molar-refractivity contribution in [2.24, 2.45) is 0 Å². The first-order valence-corrected chi connectivity index (χ1v) is 5.11. The Morgan fingerprint density at radius 1 is 1.07 bits per heavy atom. The fourth-order valence-electron chi connectivity index (χ4n) is 1.19. The standard InChI is InChI=1S/C13H8BrN/c1-3-5-10-7-12(14)8-11(6-4-2)13(10)9-15/h7-8H,1-2H3. The molecule has 1 nitrogen and oxygen atoms in total. The van der Waals surface area contributed by atoms with E-state index in [2.05, 4.69) is 45.7 Å². The Morgan fingerprint density at radius 3 is 1.87 bits per heavy atom. The molecule has 1 rings (SSSR count). The summed E-state index contributed by atoms with van der Waals surface area (Å²) in [6, 6.07) is 5.79. The molecular formula is C13H8BrN. The van der Waals surface area contributed by atoms with Gasteiger partial charge in [0.15, 0.2) is 0 Å². The number of hydrogen-bond acceptors (Lipinski definition) is 1. The van der Waals surface area contributed by atoms with Crippen LogP contribution in [0.15, 0.2) is 16.6 Å². The van der Waals surface area contributed by atoms with Crippen molar-refractivity contribution >= 4 is 15.9 Å². The van der Waals surface area contributed by atoms with E-state index in [1.807, 2.05) is 12.1 Å². The molecule has 0 aliphatic carbocycles. The van der Waals surface area contributed by atoms with Crippen molar-refractivity contribution in [3.05, 3.63) is 33.3 Å². The van der Waals surface area contributed by atoms with Crippen LogP contribution >= 0.6 is 15.9 Å². The van der Waals surface area contributed by atoms with Crippen molar-refractivity contribution in [1.29, 1.82) is 5.26 Å². The van der Waals surface area contributed by atoms with Crippen molar-refractivity contribution in [3.8, 4) is 29.8 Å². The lowest BCUT2D eigenvalue weighted by molar-refractivity contribution is 1.43. The summed E-state index contributed by atoms with van der Waals surface area (Å²) in [7, 11) is 0. The van der Waals surface area contributed by atoms with Crippen molar-refractivity contribution in [2.75, 3.05) is 0 Å². The van der Waals surface area contributed by atoms with E-state index < -0.39 is 0 Å². The molecule has 0 bridgehead atoms. The van der Waals surface area contributed by atoms with E-state index in [-0.39, 0.29) is 0 Å². The molecule has 0 radical (unpaired) electrons. The second-order valence-corrected chi connectivity index (χ2v) is 3.65. The summed E-state index contributed by atoms with van der Waals surface area (Å²) in [6.07, 6.45) is 0. The highest BCUT2D eigenvalue weighted by atomic mass is 79.9. The highest BCUT2D eigenvalue weighted by Gasteiger charge is 2.06. The predicted molar refractivity (Wildman–Crippen MR) is 64.0 cm³/mol. The summed E-state index contributed by atoms with van der Waals surface area (Å²) >= 11 is 3.37. The summed E-state index contributed by atoms with van der Waals surface area (Å²) in [6.45, 7) is 3.49. The zero-order valence-corrected chi connectivity index (χ0v) is 10.1. The van der Waals surface area contributed by atoms with E-state index in [0.29, 0.717) is 16.7 Å². The van der Waals surface area contributed by atoms with Crippen LogP contribution in [0.5, 0.6) is 0 Å². The Hall–Kier alpha value is -1.69. The van der Waals surface area contributed by atoms with Gasteiger partial charge in [-0.1, -0.05) is 27.8 Å². The van der Waals surface area contributed by atoms with Crippen molar-refractivity contribution in [1.82, 2.24) is 0 Å². The highest BCUT2D eigenvalue weighted by molar-refractivity contribution is 9.10. The van der Waals surface area contributed by atoms with Gasteiger partial charge in [-0.2, -0.15) is 5.26 Å². The van der Waals surface area contributed by atoms with Gasteiger partial charge in [0, 0.05) is 15.6 Å². The summed E-state index contributed by atoms with van der Waals surface area (Å²) in [4.78, 5) is 0. The molecule has 1 aromatic carbocycles. The van der Waals surface area contributed by atoms with Crippen molar-refractivity contribution in [2.45, 2.75) is 13.8 Å². The third-order valence-corrected chi connectivity index (χ3v) is 2.19. The van der Waals surface area contributed by atoms with Crippen molar-refractivity contribution < 1.29 is 0 Å². The smallest absolute Gasteiger partial charge is 0.102 e. The summed E-state index contributed by atoms with van der Waals surface area (Å²) in [5, 5.41) is 9.04. The molecular weight excluding hydrogens is 250 g/mol. The first-order chi connectivity index (χ1) is 7.22. The van der Waals surface area contributed by atoms with Crippen LogP contribution in [0.3, 0.4) is 0 Å². The summed E-state index contributed by atoms with van der Waals surface area (Å²) < 4.78 is 0.886. The topological polar surface area (TPSA) is 23.8 Å². The number of hydrogen-bond donors (Lipinski definition) is 0. The monoisotopic (exact) mass is 257 g/mol. The molecule has 0 unspecified atom stereocenters. The molecule has 0 fully saturated rings. The fraction of sp³-hybridized carbons (Fsp3) is 0.154. The molecule has 15 heavy (non-hydrogen) atoms. The largest absolute Gasteiger partial charge is 0.192 e. The van der Waals surface area contributed by atoms with Crippen LogP contribution < -0.4 is 0 Å². The molecule has 0 aliphatic heterocycles. The maximum absolute atomic E-state index is 9.04. The van der Waals surface area contributed by atoms with Crippen LogP contribution in [0.25, 0.3) is 0 Å². The number of benzene rings is 1. The van der Waals surface area contributed by atoms with Gasteiger partial charge in [-0.25, -0.2) is 0 Å². The third-order valence-electron chi connectivity index (χ3n) is 1.73. The number of nitriles is 1. The minimum absolute atomic E-state index is 0.543. The molecule has 72 valence electrons. The molecule has 0 heterocycles. The van der Waals surface area contributed by atoms with Crippen LogP contribution in [0.4, 0.5) is 0 Å². The van der Waals surface area contributed by atoms with Gasteiger partial charge in [-0.3, -0.25) is 0 Å². The quantitative estimate of drug-likeness (QED) is 0.656. The number of rotatable bonds is 0.